The van der Waals surface area contributed by atoms with Gasteiger partial charge in [-0.25, -0.2) is 8.42 Å². The summed E-state index contributed by atoms with van der Waals surface area (Å²) in [5.41, 5.74) is 0.703. The van der Waals surface area contributed by atoms with Gasteiger partial charge in [0.25, 0.3) is 0 Å². The summed E-state index contributed by atoms with van der Waals surface area (Å²) in [7, 11) is -3.13. The number of hydrogen-bond donors (Lipinski definition) is 1. The summed E-state index contributed by atoms with van der Waals surface area (Å²) in [5.74, 6) is 0.130. The van der Waals surface area contributed by atoms with Crippen LogP contribution in [0.15, 0.2) is 35.4 Å². The molecule has 1 N–H and O–H groups in total. The largest absolute Gasteiger partial charge is 0.360 e. The summed E-state index contributed by atoms with van der Waals surface area (Å²) in [6, 6.07) is 7.15. The average molecular weight is 209 g/mol. The molecule has 14 heavy (non-hydrogen) atoms. The first kappa shape index (κ1) is 9.27. The number of hydrogen-bond acceptors (Lipinski definition) is 2. The standard InChI is InChI=1S/C10H11NO2S/c1-2-14(12,13)9-5-3-4-8-6-7-11-10(8)9/h3-7,11H,2H2,1H3. The van der Waals surface area contributed by atoms with Gasteiger partial charge in [0.2, 0.25) is 0 Å². The van der Waals surface area contributed by atoms with E-state index in [4.69, 9.17) is 0 Å². The molecule has 0 aliphatic rings. The highest BCUT2D eigenvalue weighted by Crippen LogP contribution is 2.22. The van der Waals surface area contributed by atoms with Crippen molar-refractivity contribution in [1.82, 2.24) is 4.98 Å². The fourth-order valence-electron chi connectivity index (χ4n) is 1.47. The van der Waals surface area contributed by atoms with Gasteiger partial charge in [0, 0.05) is 11.6 Å². The molecule has 1 aromatic heterocycles. The molecule has 1 heterocycles. The number of aromatic nitrogens is 1. The van der Waals surface area contributed by atoms with E-state index < -0.39 is 9.84 Å². The monoisotopic (exact) mass is 209 g/mol. The van der Waals surface area contributed by atoms with Gasteiger partial charge in [-0.1, -0.05) is 19.1 Å². The SMILES string of the molecule is CCS(=O)(=O)c1cccc2cc[nH]c12. The zero-order valence-electron chi connectivity index (χ0n) is 7.82. The first-order chi connectivity index (χ1) is 6.65. The molecule has 0 saturated carbocycles. The van der Waals surface area contributed by atoms with Crippen LogP contribution in [0.5, 0.6) is 0 Å². The van der Waals surface area contributed by atoms with E-state index >= 15 is 0 Å². The van der Waals surface area contributed by atoms with E-state index in [9.17, 15) is 8.42 Å². The molecule has 3 nitrogen and oxygen atoms in total. The maximum absolute atomic E-state index is 11.7. The Hall–Kier alpha value is -1.29. The quantitative estimate of drug-likeness (QED) is 0.822. The minimum Gasteiger partial charge on any atom is -0.360 e. The second-order valence-corrected chi connectivity index (χ2v) is 5.35. The fourth-order valence-corrected chi connectivity index (χ4v) is 2.56. The van der Waals surface area contributed by atoms with E-state index in [0.717, 1.165) is 5.39 Å². The van der Waals surface area contributed by atoms with E-state index in [2.05, 4.69) is 4.98 Å². The van der Waals surface area contributed by atoms with Crippen LogP contribution in [-0.4, -0.2) is 19.2 Å². The van der Waals surface area contributed by atoms with Gasteiger partial charge in [-0.2, -0.15) is 0 Å². The van der Waals surface area contributed by atoms with Gasteiger partial charge in [-0.05, 0) is 12.1 Å². The first-order valence-corrected chi connectivity index (χ1v) is 6.09. The molecule has 0 radical (unpaired) electrons. The predicted octanol–water partition coefficient (Wildman–Crippen LogP) is 1.96. The number of sulfone groups is 1. The second kappa shape index (κ2) is 3.13. The second-order valence-electron chi connectivity index (χ2n) is 3.10. The molecule has 2 rings (SSSR count). The Balaban J connectivity index is 2.81. The lowest BCUT2D eigenvalue weighted by atomic mass is 10.2. The molecule has 0 bridgehead atoms. The van der Waals surface area contributed by atoms with E-state index in [0.29, 0.717) is 10.4 Å². The number of fused-ring (bicyclic) bond motifs is 1. The third kappa shape index (κ3) is 1.32. The van der Waals surface area contributed by atoms with Crippen molar-refractivity contribution in [2.24, 2.45) is 0 Å². The third-order valence-electron chi connectivity index (χ3n) is 2.26. The molecule has 1 aromatic carbocycles. The molecule has 0 aliphatic carbocycles. The maximum atomic E-state index is 11.7. The van der Waals surface area contributed by atoms with Crippen LogP contribution in [0.25, 0.3) is 10.9 Å². The zero-order chi connectivity index (χ0) is 10.2. The Kier molecular flexibility index (Phi) is 2.07. The van der Waals surface area contributed by atoms with Gasteiger partial charge in [-0.3, -0.25) is 0 Å². The van der Waals surface area contributed by atoms with Crippen LogP contribution in [0.4, 0.5) is 0 Å². The van der Waals surface area contributed by atoms with Crippen LogP contribution < -0.4 is 0 Å². The minimum absolute atomic E-state index is 0.130. The highest BCUT2D eigenvalue weighted by atomic mass is 32.2. The number of rotatable bonds is 2. The molecule has 0 spiro atoms. The van der Waals surface area contributed by atoms with Gasteiger partial charge in [0.15, 0.2) is 9.84 Å². The smallest absolute Gasteiger partial charge is 0.180 e. The van der Waals surface area contributed by atoms with Crippen LogP contribution >= 0.6 is 0 Å². The number of para-hydroxylation sites is 1. The van der Waals surface area contributed by atoms with Gasteiger partial charge >= 0.3 is 0 Å². The topological polar surface area (TPSA) is 49.9 Å². The van der Waals surface area contributed by atoms with Crippen molar-refractivity contribution >= 4 is 20.7 Å². The van der Waals surface area contributed by atoms with Crippen LogP contribution in [0.2, 0.25) is 0 Å². The number of H-pyrrole nitrogens is 1. The lowest BCUT2D eigenvalue weighted by molar-refractivity contribution is 0.598. The summed E-state index contributed by atoms with van der Waals surface area (Å²) in [6.07, 6.45) is 1.75. The van der Waals surface area contributed by atoms with Crippen molar-refractivity contribution in [1.29, 1.82) is 0 Å². The molecular formula is C10H11NO2S. The van der Waals surface area contributed by atoms with E-state index in [1.54, 1.807) is 25.3 Å². The third-order valence-corrected chi connectivity index (χ3v) is 4.03. The van der Waals surface area contributed by atoms with Crippen molar-refractivity contribution < 1.29 is 8.42 Å². The summed E-state index contributed by atoms with van der Waals surface area (Å²) >= 11 is 0. The van der Waals surface area contributed by atoms with Gasteiger partial charge in [0.1, 0.15) is 0 Å². The van der Waals surface area contributed by atoms with Crippen molar-refractivity contribution in [3.8, 4) is 0 Å². The molecular weight excluding hydrogens is 198 g/mol. The van der Waals surface area contributed by atoms with Crippen molar-refractivity contribution in [3.63, 3.8) is 0 Å². The summed E-state index contributed by atoms with van der Waals surface area (Å²) in [5, 5.41) is 0.930. The Bertz CT molecular complexity index is 554. The van der Waals surface area contributed by atoms with Gasteiger partial charge in [-0.15, -0.1) is 0 Å². The lowest BCUT2D eigenvalue weighted by Gasteiger charge is -2.02. The molecule has 0 amide bonds. The van der Waals surface area contributed by atoms with Crippen molar-refractivity contribution in [2.45, 2.75) is 11.8 Å². The van der Waals surface area contributed by atoms with Crippen LogP contribution in [-0.2, 0) is 9.84 Å². The predicted molar refractivity (Wildman–Crippen MR) is 56.0 cm³/mol. The van der Waals surface area contributed by atoms with Crippen LogP contribution in [0.3, 0.4) is 0 Å². The molecule has 0 fully saturated rings. The zero-order valence-corrected chi connectivity index (χ0v) is 8.64. The van der Waals surface area contributed by atoms with Gasteiger partial charge < -0.3 is 4.98 Å². The molecule has 2 aromatic rings. The Labute approximate surface area is 82.7 Å². The van der Waals surface area contributed by atoms with E-state index in [-0.39, 0.29) is 5.75 Å². The molecule has 0 aliphatic heterocycles. The summed E-state index contributed by atoms with van der Waals surface area (Å²) < 4.78 is 23.4. The van der Waals surface area contributed by atoms with Crippen LogP contribution in [0.1, 0.15) is 6.92 Å². The normalized spacial score (nSPS) is 12.1. The first-order valence-electron chi connectivity index (χ1n) is 4.44. The van der Waals surface area contributed by atoms with E-state index in [1.165, 1.54) is 0 Å². The lowest BCUT2D eigenvalue weighted by Crippen LogP contribution is -2.04. The molecule has 0 saturated heterocycles. The van der Waals surface area contributed by atoms with Crippen molar-refractivity contribution in [2.75, 3.05) is 5.75 Å². The summed E-state index contributed by atoms with van der Waals surface area (Å²) in [4.78, 5) is 3.34. The number of benzene rings is 1. The number of nitrogens with one attached hydrogen (secondary N) is 1. The minimum atomic E-state index is -3.13. The fraction of sp³-hybridized carbons (Fsp3) is 0.200. The average Bonchev–Trinajstić information content (AvgIpc) is 2.64. The Morgan fingerprint density at radius 1 is 1.29 bits per heavy atom. The molecule has 0 unspecified atom stereocenters. The maximum Gasteiger partial charge on any atom is 0.180 e. The Morgan fingerprint density at radius 2 is 2.07 bits per heavy atom. The molecule has 0 atom stereocenters. The number of aromatic amines is 1. The highest BCUT2D eigenvalue weighted by molar-refractivity contribution is 7.91. The Morgan fingerprint density at radius 3 is 2.79 bits per heavy atom. The highest BCUT2D eigenvalue weighted by Gasteiger charge is 2.15. The van der Waals surface area contributed by atoms with Crippen LogP contribution in [0, 0.1) is 0 Å². The van der Waals surface area contributed by atoms with Crippen molar-refractivity contribution in [3.05, 3.63) is 30.5 Å². The summed E-state index contributed by atoms with van der Waals surface area (Å²) in [6.45, 7) is 1.65. The van der Waals surface area contributed by atoms with Gasteiger partial charge in [0.05, 0.1) is 16.2 Å². The molecule has 74 valence electrons. The molecule has 4 heteroatoms. The van der Waals surface area contributed by atoms with E-state index in [1.807, 2.05) is 12.1 Å².